The van der Waals surface area contributed by atoms with Crippen LogP contribution in [0.3, 0.4) is 0 Å². The molecule has 1 aromatic carbocycles. The largest absolute Gasteiger partial charge is 0.469 e. The number of sulfonamides is 1. The summed E-state index contributed by atoms with van der Waals surface area (Å²) in [7, 11) is -2.12. The third-order valence-corrected chi connectivity index (χ3v) is 5.81. The van der Waals surface area contributed by atoms with Crippen LogP contribution in [0, 0.1) is 0 Å². The summed E-state index contributed by atoms with van der Waals surface area (Å²) in [6.07, 6.45) is 13.3. The molecule has 1 aliphatic carbocycles. The Morgan fingerprint density at radius 1 is 1.19 bits per heavy atom. The van der Waals surface area contributed by atoms with Gasteiger partial charge in [0.2, 0.25) is 10.0 Å². The number of esters is 1. The highest BCUT2D eigenvalue weighted by Gasteiger charge is 2.18. The van der Waals surface area contributed by atoms with Crippen LogP contribution >= 0.6 is 0 Å². The molecule has 1 aromatic rings. The van der Waals surface area contributed by atoms with Crippen LogP contribution in [0.25, 0.3) is 0 Å². The number of rotatable bonds is 10. The topological polar surface area (TPSA) is 72.5 Å². The van der Waals surface area contributed by atoms with Crippen LogP contribution in [0.15, 0.2) is 53.5 Å². The minimum Gasteiger partial charge on any atom is -0.469 e. The quantitative estimate of drug-likeness (QED) is 0.500. The summed E-state index contributed by atoms with van der Waals surface area (Å²) in [5.74, 6) is -0.168. The molecule has 1 unspecified atom stereocenters. The molecule has 5 nitrogen and oxygen atoms in total. The summed E-state index contributed by atoms with van der Waals surface area (Å²) < 4.78 is 32.4. The molecule has 1 atom stereocenters. The van der Waals surface area contributed by atoms with E-state index in [-0.39, 0.29) is 12.0 Å². The summed E-state index contributed by atoms with van der Waals surface area (Å²) in [4.78, 5) is 11.4. The molecule has 142 valence electrons. The van der Waals surface area contributed by atoms with E-state index in [9.17, 15) is 13.2 Å². The Morgan fingerprint density at radius 3 is 2.73 bits per heavy atom. The third kappa shape index (κ3) is 6.77. The molecule has 0 aromatic heterocycles. The molecule has 0 saturated carbocycles. The molecule has 0 bridgehead atoms. The van der Waals surface area contributed by atoms with Gasteiger partial charge in [0.05, 0.1) is 12.0 Å². The van der Waals surface area contributed by atoms with Gasteiger partial charge in [-0.1, -0.05) is 49.3 Å². The lowest BCUT2D eigenvalue weighted by atomic mass is 10.1. The summed E-state index contributed by atoms with van der Waals surface area (Å²) >= 11 is 0. The van der Waals surface area contributed by atoms with Crippen LogP contribution in [-0.2, 0) is 26.0 Å². The molecule has 0 spiro atoms. The number of benzene rings is 1. The zero-order valence-corrected chi connectivity index (χ0v) is 16.0. The third-order valence-electron chi connectivity index (χ3n) is 4.32. The van der Waals surface area contributed by atoms with E-state index in [0.29, 0.717) is 17.7 Å². The van der Waals surface area contributed by atoms with E-state index in [4.69, 9.17) is 0 Å². The fourth-order valence-corrected chi connectivity index (χ4v) is 4.13. The number of carbonyl (C=O) groups excluding carboxylic acids is 1. The summed E-state index contributed by atoms with van der Waals surface area (Å²) in [6.45, 7) is 0. The van der Waals surface area contributed by atoms with Crippen molar-refractivity contribution in [3.05, 3.63) is 54.1 Å². The van der Waals surface area contributed by atoms with Crippen molar-refractivity contribution in [1.29, 1.82) is 0 Å². The molecular formula is C20H27NO4S. The summed E-state index contributed by atoms with van der Waals surface area (Å²) in [5, 5.41) is 0. The Kier molecular flexibility index (Phi) is 8.06. The van der Waals surface area contributed by atoms with E-state index in [2.05, 4.69) is 9.46 Å². The van der Waals surface area contributed by atoms with Crippen molar-refractivity contribution < 1.29 is 17.9 Å². The molecule has 0 heterocycles. The van der Waals surface area contributed by atoms with Gasteiger partial charge in [-0.2, -0.15) is 0 Å². The van der Waals surface area contributed by atoms with Crippen LogP contribution in [0.2, 0.25) is 0 Å². The molecule has 6 heteroatoms. The fourth-order valence-electron chi connectivity index (χ4n) is 2.86. The smallest absolute Gasteiger partial charge is 0.305 e. The number of allylic oxidation sites excluding steroid dienone is 2. The lowest BCUT2D eigenvalue weighted by Crippen LogP contribution is -2.33. The maximum absolute atomic E-state index is 12.5. The Balaban J connectivity index is 1.82. The molecule has 0 aliphatic heterocycles. The average Bonchev–Trinajstić information content (AvgIpc) is 2.65. The molecule has 0 amide bonds. The number of aryl methyl sites for hydroxylation is 1. The van der Waals surface area contributed by atoms with Crippen LogP contribution in [0.5, 0.6) is 0 Å². The van der Waals surface area contributed by atoms with Gasteiger partial charge >= 0.3 is 5.97 Å². The molecule has 2 rings (SSSR count). The zero-order chi connectivity index (χ0) is 18.8. The Labute approximate surface area is 156 Å². The first kappa shape index (κ1) is 20.4. The van der Waals surface area contributed by atoms with Crippen molar-refractivity contribution in [1.82, 2.24) is 4.72 Å². The van der Waals surface area contributed by atoms with Gasteiger partial charge in [-0.15, -0.1) is 0 Å². The normalized spacial score (nSPS) is 16.6. The second-order valence-electron chi connectivity index (χ2n) is 6.41. The summed E-state index contributed by atoms with van der Waals surface area (Å²) in [5.41, 5.74) is 1.01. The number of hydrogen-bond acceptors (Lipinski definition) is 4. The van der Waals surface area contributed by atoms with E-state index in [0.717, 1.165) is 37.7 Å². The number of ether oxygens (including phenoxy) is 1. The minimum atomic E-state index is -3.52. The van der Waals surface area contributed by atoms with Gasteiger partial charge < -0.3 is 4.74 Å². The van der Waals surface area contributed by atoms with Crippen molar-refractivity contribution in [3.63, 3.8) is 0 Å². The van der Waals surface area contributed by atoms with Gasteiger partial charge in [-0.3, -0.25) is 4.79 Å². The lowest BCUT2D eigenvalue weighted by molar-refractivity contribution is -0.140. The van der Waals surface area contributed by atoms with Gasteiger partial charge in [0.1, 0.15) is 0 Å². The van der Waals surface area contributed by atoms with E-state index < -0.39 is 10.0 Å². The predicted octanol–water partition coefficient (Wildman–Crippen LogP) is 3.52. The number of nitrogens with one attached hydrogen (secondary N) is 1. The number of hydrogen-bond donors (Lipinski definition) is 1. The zero-order valence-electron chi connectivity index (χ0n) is 15.2. The van der Waals surface area contributed by atoms with Gasteiger partial charge in [0.25, 0.3) is 0 Å². The van der Waals surface area contributed by atoms with Gasteiger partial charge in [-0.25, -0.2) is 13.1 Å². The number of methoxy groups -OCH3 is 1. The Bertz CT molecular complexity index is 753. The lowest BCUT2D eigenvalue weighted by Gasteiger charge is -2.15. The van der Waals surface area contributed by atoms with Crippen molar-refractivity contribution in [2.45, 2.75) is 55.9 Å². The maximum atomic E-state index is 12.5. The van der Waals surface area contributed by atoms with E-state index in [1.807, 2.05) is 30.4 Å². The van der Waals surface area contributed by atoms with Crippen LogP contribution in [0.4, 0.5) is 0 Å². The first-order valence-electron chi connectivity index (χ1n) is 9.03. The highest BCUT2D eigenvalue weighted by atomic mass is 32.2. The Hall–Kier alpha value is -1.92. The van der Waals surface area contributed by atoms with Crippen LogP contribution in [-0.4, -0.2) is 27.5 Å². The second-order valence-corrected chi connectivity index (χ2v) is 8.13. The highest BCUT2D eigenvalue weighted by Crippen LogP contribution is 2.16. The predicted molar refractivity (Wildman–Crippen MR) is 102 cm³/mol. The number of unbranched alkanes of at least 4 members (excludes halogenated alkanes) is 3. The molecule has 1 N–H and O–H groups in total. The molecule has 26 heavy (non-hydrogen) atoms. The Morgan fingerprint density at radius 2 is 2.00 bits per heavy atom. The summed E-state index contributed by atoms with van der Waals surface area (Å²) in [6, 6.07) is 6.93. The minimum absolute atomic E-state index is 0.168. The SMILES string of the molecule is COC(=O)CCCCCCc1cccc(S(=O)(=O)NC2C=CC=CC2)c1. The van der Waals surface area contributed by atoms with Crippen LogP contribution < -0.4 is 4.72 Å². The molecule has 0 fully saturated rings. The van der Waals surface area contributed by atoms with E-state index in [1.54, 1.807) is 18.2 Å². The first-order chi connectivity index (χ1) is 12.5. The fraction of sp³-hybridized carbons (Fsp3) is 0.450. The van der Waals surface area contributed by atoms with Crippen molar-refractivity contribution in [2.24, 2.45) is 0 Å². The maximum Gasteiger partial charge on any atom is 0.305 e. The van der Waals surface area contributed by atoms with Crippen molar-refractivity contribution in [2.75, 3.05) is 7.11 Å². The molecule has 0 radical (unpaired) electrons. The van der Waals surface area contributed by atoms with Crippen LogP contribution in [0.1, 0.15) is 44.1 Å². The monoisotopic (exact) mass is 377 g/mol. The van der Waals surface area contributed by atoms with E-state index >= 15 is 0 Å². The standard InChI is InChI=1S/C20H27NO4S/c1-25-20(22)15-8-3-2-5-10-17-11-9-14-19(16-17)26(23,24)21-18-12-6-4-7-13-18/h4,6-7,9,11-12,14,16,18,21H,2-3,5,8,10,13,15H2,1H3. The second kappa shape index (κ2) is 10.3. The van der Waals surface area contributed by atoms with Crippen molar-refractivity contribution >= 4 is 16.0 Å². The first-order valence-corrected chi connectivity index (χ1v) is 10.5. The molecular weight excluding hydrogens is 350 g/mol. The van der Waals surface area contributed by atoms with Gasteiger partial charge in [0, 0.05) is 12.5 Å². The average molecular weight is 378 g/mol. The molecule has 1 aliphatic rings. The number of carbonyl (C=O) groups is 1. The highest BCUT2D eigenvalue weighted by molar-refractivity contribution is 7.89. The molecule has 0 saturated heterocycles. The van der Waals surface area contributed by atoms with Crippen molar-refractivity contribution in [3.8, 4) is 0 Å². The van der Waals surface area contributed by atoms with Gasteiger partial charge in [-0.05, 0) is 43.4 Å². The van der Waals surface area contributed by atoms with Gasteiger partial charge in [0.15, 0.2) is 0 Å². The van der Waals surface area contributed by atoms with E-state index in [1.165, 1.54) is 7.11 Å².